The van der Waals surface area contributed by atoms with E-state index in [4.69, 9.17) is 9.72 Å². The van der Waals surface area contributed by atoms with Crippen LogP contribution in [0.5, 0.6) is 5.75 Å². The van der Waals surface area contributed by atoms with Crippen molar-refractivity contribution < 1.29 is 4.74 Å². The van der Waals surface area contributed by atoms with Crippen molar-refractivity contribution in [3.05, 3.63) is 62.7 Å². The molecular formula is C20H24N4O2. The van der Waals surface area contributed by atoms with Crippen molar-refractivity contribution in [2.24, 2.45) is 0 Å². The molecule has 6 heteroatoms. The van der Waals surface area contributed by atoms with Crippen molar-refractivity contribution in [2.75, 3.05) is 20.2 Å². The predicted molar refractivity (Wildman–Crippen MR) is 101 cm³/mol. The molecule has 0 saturated heterocycles. The van der Waals surface area contributed by atoms with Crippen molar-refractivity contribution >= 4 is 5.65 Å². The molecule has 0 radical (unpaired) electrons. The Labute approximate surface area is 152 Å². The lowest BCUT2D eigenvalue weighted by molar-refractivity contribution is 0.273. The van der Waals surface area contributed by atoms with Gasteiger partial charge in [-0.15, -0.1) is 0 Å². The molecule has 4 rings (SSSR count). The second-order valence-corrected chi connectivity index (χ2v) is 7.02. The molecule has 0 saturated carbocycles. The number of aromatic amines is 1. The van der Waals surface area contributed by atoms with Crippen LogP contribution >= 0.6 is 0 Å². The van der Waals surface area contributed by atoms with Crippen molar-refractivity contribution in [3.63, 3.8) is 0 Å². The average Bonchev–Trinajstić information content (AvgIpc) is 2.87. The number of hydrogen-bond donors (Lipinski definition) is 1. The molecule has 1 aliphatic rings. The highest BCUT2D eigenvalue weighted by Gasteiger charge is 2.21. The number of methoxy groups -OCH3 is 1. The molecule has 0 atom stereocenters. The standard InChI is InChI=1S/C20H24N4O2/c1-13-5-4-6-15(19(13)26-3)12-23-9-7-16-17(8-10-23)21-18-11-14(2)22-24(18)20(16)25/h4-6,11,22H,7-10,12H2,1-3H3. The average molecular weight is 352 g/mol. The molecule has 136 valence electrons. The van der Waals surface area contributed by atoms with E-state index in [9.17, 15) is 4.79 Å². The maximum absolute atomic E-state index is 12.8. The highest BCUT2D eigenvalue weighted by molar-refractivity contribution is 5.42. The lowest BCUT2D eigenvalue weighted by Gasteiger charge is -2.21. The lowest BCUT2D eigenvalue weighted by Crippen LogP contribution is -2.27. The van der Waals surface area contributed by atoms with Crippen LogP contribution in [0.2, 0.25) is 0 Å². The van der Waals surface area contributed by atoms with E-state index in [1.807, 2.05) is 13.0 Å². The molecule has 3 heterocycles. The van der Waals surface area contributed by atoms with Crippen LogP contribution in [0.15, 0.2) is 29.1 Å². The Kier molecular flexibility index (Phi) is 4.28. The third kappa shape index (κ3) is 2.90. The predicted octanol–water partition coefficient (Wildman–Crippen LogP) is 2.25. The van der Waals surface area contributed by atoms with Gasteiger partial charge in [-0.3, -0.25) is 14.8 Å². The van der Waals surface area contributed by atoms with Crippen molar-refractivity contribution in [2.45, 2.75) is 33.2 Å². The van der Waals surface area contributed by atoms with Crippen LogP contribution in [-0.4, -0.2) is 39.7 Å². The van der Waals surface area contributed by atoms with Crippen molar-refractivity contribution in [1.82, 2.24) is 19.5 Å². The number of aryl methyl sites for hydroxylation is 2. The number of hydrogen-bond acceptors (Lipinski definition) is 4. The summed E-state index contributed by atoms with van der Waals surface area (Å²) >= 11 is 0. The fraction of sp³-hybridized carbons (Fsp3) is 0.400. The Morgan fingerprint density at radius 3 is 2.85 bits per heavy atom. The summed E-state index contributed by atoms with van der Waals surface area (Å²) in [7, 11) is 1.72. The van der Waals surface area contributed by atoms with Crippen LogP contribution in [-0.2, 0) is 19.4 Å². The number of nitrogens with zero attached hydrogens (tertiary/aromatic N) is 3. The van der Waals surface area contributed by atoms with E-state index in [1.54, 1.807) is 11.6 Å². The first-order valence-corrected chi connectivity index (χ1v) is 9.02. The van der Waals surface area contributed by atoms with Crippen LogP contribution < -0.4 is 10.3 Å². The summed E-state index contributed by atoms with van der Waals surface area (Å²) in [5, 5.41) is 3.08. The first kappa shape index (κ1) is 16.8. The molecule has 3 aromatic rings. The van der Waals surface area contributed by atoms with Crippen LogP contribution in [0, 0.1) is 13.8 Å². The number of fused-ring (bicyclic) bond motifs is 2. The van der Waals surface area contributed by atoms with Gasteiger partial charge in [0, 0.05) is 48.9 Å². The van der Waals surface area contributed by atoms with Gasteiger partial charge in [0.25, 0.3) is 5.56 Å². The third-order valence-electron chi connectivity index (χ3n) is 5.16. The Bertz CT molecular complexity index is 1020. The van der Waals surface area contributed by atoms with Gasteiger partial charge in [0.05, 0.1) is 12.8 Å². The zero-order valence-corrected chi connectivity index (χ0v) is 15.5. The maximum atomic E-state index is 12.8. The van der Waals surface area contributed by atoms with Gasteiger partial charge in [-0.1, -0.05) is 18.2 Å². The summed E-state index contributed by atoms with van der Waals surface area (Å²) in [6.07, 6.45) is 1.51. The molecule has 2 aromatic heterocycles. The number of benzene rings is 1. The zero-order valence-electron chi connectivity index (χ0n) is 15.5. The first-order chi connectivity index (χ1) is 12.6. The van der Waals surface area contributed by atoms with Gasteiger partial charge >= 0.3 is 0 Å². The van der Waals surface area contributed by atoms with Gasteiger partial charge in [0.1, 0.15) is 5.75 Å². The smallest absolute Gasteiger partial charge is 0.276 e. The summed E-state index contributed by atoms with van der Waals surface area (Å²) in [5.41, 5.74) is 5.80. The topological polar surface area (TPSA) is 62.6 Å². The maximum Gasteiger partial charge on any atom is 0.276 e. The van der Waals surface area contributed by atoms with Crippen LogP contribution in [0.3, 0.4) is 0 Å². The molecule has 0 bridgehead atoms. The minimum Gasteiger partial charge on any atom is -0.496 e. The first-order valence-electron chi connectivity index (χ1n) is 9.02. The van der Waals surface area contributed by atoms with Crippen LogP contribution in [0.25, 0.3) is 5.65 Å². The molecule has 0 spiro atoms. The molecule has 0 unspecified atom stereocenters. The molecule has 0 aliphatic carbocycles. The van der Waals surface area contributed by atoms with E-state index in [-0.39, 0.29) is 5.56 Å². The van der Waals surface area contributed by atoms with Gasteiger partial charge in [-0.2, -0.15) is 0 Å². The van der Waals surface area contributed by atoms with Crippen molar-refractivity contribution in [1.29, 1.82) is 0 Å². The normalized spacial score (nSPS) is 15.0. The minimum absolute atomic E-state index is 0.0353. The molecule has 1 N–H and O–H groups in total. The van der Waals surface area contributed by atoms with Gasteiger partial charge in [-0.05, 0) is 25.8 Å². The number of para-hydroxylation sites is 1. The minimum atomic E-state index is 0.0353. The van der Waals surface area contributed by atoms with E-state index in [0.717, 1.165) is 60.7 Å². The van der Waals surface area contributed by atoms with Gasteiger partial charge < -0.3 is 4.74 Å². The molecule has 1 aliphatic heterocycles. The summed E-state index contributed by atoms with van der Waals surface area (Å²) in [4.78, 5) is 19.9. The monoisotopic (exact) mass is 352 g/mol. The molecular weight excluding hydrogens is 328 g/mol. The largest absolute Gasteiger partial charge is 0.496 e. The number of aromatic nitrogens is 3. The molecule has 0 amide bonds. The molecule has 6 nitrogen and oxygen atoms in total. The Morgan fingerprint density at radius 2 is 2.04 bits per heavy atom. The van der Waals surface area contributed by atoms with Crippen molar-refractivity contribution in [3.8, 4) is 5.75 Å². The molecule has 26 heavy (non-hydrogen) atoms. The Hall–Kier alpha value is -2.60. The SMILES string of the molecule is COc1c(C)cccc1CN1CCc2nc3cc(C)[nH]n3c(=O)c2CC1. The highest BCUT2D eigenvalue weighted by atomic mass is 16.5. The number of rotatable bonds is 3. The third-order valence-corrected chi connectivity index (χ3v) is 5.16. The summed E-state index contributed by atoms with van der Waals surface area (Å²) < 4.78 is 7.15. The summed E-state index contributed by atoms with van der Waals surface area (Å²) in [5.74, 6) is 0.955. The fourth-order valence-corrected chi connectivity index (χ4v) is 3.86. The summed E-state index contributed by atoms with van der Waals surface area (Å²) in [6.45, 7) is 6.55. The number of H-pyrrole nitrogens is 1. The molecule has 0 fully saturated rings. The quantitative estimate of drug-likeness (QED) is 0.785. The number of ether oxygens (including phenoxy) is 1. The van der Waals surface area contributed by atoms with Crippen LogP contribution in [0.4, 0.5) is 0 Å². The molecule has 1 aromatic carbocycles. The van der Waals surface area contributed by atoms with Gasteiger partial charge in [0.2, 0.25) is 0 Å². The van der Waals surface area contributed by atoms with E-state index >= 15 is 0 Å². The second kappa shape index (κ2) is 6.61. The Morgan fingerprint density at radius 1 is 1.23 bits per heavy atom. The van der Waals surface area contributed by atoms with Gasteiger partial charge in [-0.25, -0.2) is 9.50 Å². The number of nitrogens with one attached hydrogen (secondary N) is 1. The van der Waals surface area contributed by atoms with E-state index in [0.29, 0.717) is 5.65 Å². The second-order valence-electron chi connectivity index (χ2n) is 7.02. The summed E-state index contributed by atoms with van der Waals surface area (Å²) in [6, 6.07) is 8.17. The van der Waals surface area contributed by atoms with Crippen LogP contribution in [0.1, 0.15) is 28.1 Å². The van der Waals surface area contributed by atoms with Gasteiger partial charge in [0.15, 0.2) is 5.65 Å². The van der Waals surface area contributed by atoms with E-state index in [1.165, 1.54) is 5.56 Å². The zero-order chi connectivity index (χ0) is 18.3. The van der Waals surface area contributed by atoms with E-state index in [2.05, 4.69) is 35.1 Å². The Balaban J connectivity index is 1.60. The lowest BCUT2D eigenvalue weighted by atomic mass is 10.1. The fourth-order valence-electron chi connectivity index (χ4n) is 3.86. The highest BCUT2D eigenvalue weighted by Crippen LogP contribution is 2.25. The van der Waals surface area contributed by atoms with E-state index < -0.39 is 0 Å².